The highest BCUT2D eigenvalue weighted by molar-refractivity contribution is 7.99. The van der Waals surface area contributed by atoms with Crippen LogP contribution in [0.25, 0.3) is 0 Å². The van der Waals surface area contributed by atoms with Crippen molar-refractivity contribution < 1.29 is 0 Å². The minimum absolute atomic E-state index is 0.0267. The van der Waals surface area contributed by atoms with Gasteiger partial charge in [0.25, 0.3) is 0 Å². The van der Waals surface area contributed by atoms with E-state index in [1.54, 1.807) is 0 Å². The molecule has 0 saturated heterocycles. The Bertz CT molecular complexity index is 570. The monoisotopic (exact) mass is 297 g/mol. The molecule has 1 atom stereocenters. The maximum Gasteiger partial charge on any atom is 0.0551 e. The van der Waals surface area contributed by atoms with Crippen molar-refractivity contribution >= 4 is 11.8 Å². The van der Waals surface area contributed by atoms with Gasteiger partial charge in [0, 0.05) is 4.90 Å². The first-order valence-electron chi connectivity index (χ1n) is 7.86. The predicted octanol–water partition coefficient (Wildman–Crippen LogP) is 5.11. The molecule has 2 N–H and O–H groups in total. The molecule has 1 saturated carbocycles. The lowest BCUT2D eigenvalue weighted by Gasteiger charge is -2.26. The Kier molecular flexibility index (Phi) is 4.67. The molecule has 1 nitrogen and oxygen atoms in total. The molecule has 1 unspecified atom stereocenters. The fourth-order valence-corrected chi connectivity index (χ4v) is 3.51. The van der Waals surface area contributed by atoms with Gasteiger partial charge in [-0.2, -0.15) is 0 Å². The van der Waals surface area contributed by atoms with Gasteiger partial charge < -0.3 is 5.73 Å². The Balaban J connectivity index is 1.72. The van der Waals surface area contributed by atoms with Gasteiger partial charge in [-0.05, 0) is 53.3 Å². The van der Waals surface area contributed by atoms with E-state index in [2.05, 4.69) is 55.5 Å². The van der Waals surface area contributed by atoms with Crippen molar-refractivity contribution in [2.75, 3.05) is 5.75 Å². The number of thioether (sulfide) groups is 1. The fourth-order valence-electron chi connectivity index (χ4n) is 2.85. The normalized spacial score (nSPS) is 16.5. The smallest absolute Gasteiger partial charge is 0.0551 e. The molecule has 2 heteroatoms. The molecule has 0 aliphatic heterocycles. The molecule has 1 fully saturated rings. The SMILES string of the molecule is CCSc1ccc(C(N)c2ccc(C3CCC3)cc2)cc1. The lowest BCUT2D eigenvalue weighted by atomic mass is 9.79. The Hall–Kier alpha value is -1.25. The Labute approximate surface area is 132 Å². The van der Waals surface area contributed by atoms with Crippen molar-refractivity contribution in [2.24, 2.45) is 5.73 Å². The summed E-state index contributed by atoms with van der Waals surface area (Å²) < 4.78 is 0. The van der Waals surface area contributed by atoms with Gasteiger partial charge in [-0.1, -0.05) is 49.7 Å². The summed E-state index contributed by atoms with van der Waals surface area (Å²) in [5.41, 5.74) is 10.3. The molecule has 0 radical (unpaired) electrons. The highest BCUT2D eigenvalue weighted by atomic mass is 32.2. The summed E-state index contributed by atoms with van der Waals surface area (Å²) >= 11 is 1.86. The van der Waals surface area contributed by atoms with Crippen molar-refractivity contribution in [1.29, 1.82) is 0 Å². The van der Waals surface area contributed by atoms with E-state index in [1.165, 1.54) is 40.8 Å². The van der Waals surface area contributed by atoms with Crippen molar-refractivity contribution in [1.82, 2.24) is 0 Å². The molecule has 1 aliphatic carbocycles. The zero-order chi connectivity index (χ0) is 14.7. The maximum atomic E-state index is 6.41. The van der Waals surface area contributed by atoms with Crippen LogP contribution in [0.1, 0.15) is 54.8 Å². The molecule has 2 aromatic rings. The zero-order valence-electron chi connectivity index (χ0n) is 12.6. The van der Waals surface area contributed by atoms with E-state index in [0.717, 1.165) is 11.7 Å². The van der Waals surface area contributed by atoms with Crippen LogP contribution in [0.15, 0.2) is 53.4 Å². The van der Waals surface area contributed by atoms with E-state index < -0.39 is 0 Å². The van der Waals surface area contributed by atoms with Gasteiger partial charge in [0.2, 0.25) is 0 Å². The van der Waals surface area contributed by atoms with Crippen LogP contribution >= 0.6 is 11.8 Å². The van der Waals surface area contributed by atoms with Crippen LogP contribution in [-0.4, -0.2) is 5.75 Å². The van der Waals surface area contributed by atoms with Gasteiger partial charge >= 0.3 is 0 Å². The van der Waals surface area contributed by atoms with E-state index in [0.29, 0.717) is 0 Å². The van der Waals surface area contributed by atoms with Crippen LogP contribution in [0.4, 0.5) is 0 Å². The Morgan fingerprint density at radius 3 is 2.05 bits per heavy atom. The van der Waals surface area contributed by atoms with E-state index in [4.69, 9.17) is 5.73 Å². The lowest BCUT2D eigenvalue weighted by Crippen LogP contribution is -2.13. The number of benzene rings is 2. The quantitative estimate of drug-likeness (QED) is 0.776. The summed E-state index contributed by atoms with van der Waals surface area (Å²) in [6.07, 6.45) is 4.08. The van der Waals surface area contributed by atoms with E-state index in [-0.39, 0.29) is 6.04 Å². The van der Waals surface area contributed by atoms with E-state index >= 15 is 0 Å². The lowest BCUT2D eigenvalue weighted by molar-refractivity contribution is 0.419. The molecule has 110 valence electrons. The number of rotatable bonds is 5. The van der Waals surface area contributed by atoms with Crippen LogP contribution in [0.2, 0.25) is 0 Å². The first-order valence-corrected chi connectivity index (χ1v) is 8.84. The highest BCUT2D eigenvalue weighted by Gasteiger charge is 2.19. The molecular weight excluding hydrogens is 274 g/mol. The molecule has 0 bridgehead atoms. The molecule has 0 amide bonds. The zero-order valence-corrected chi connectivity index (χ0v) is 13.4. The van der Waals surface area contributed by atoms with Gasteiger partial charge in [0.05, 0.1) is 6.04 Å². The van der Waals surface area contributed by atoms with E-state index in [1.807, 2.05) is 11.8 Å². The standard InChI is InChI=1S/C19H23NS/c1-2-21-18-12-10-17(11-13-18)19(20)16-8-6-15(7-9-16)14-4-3-5-14/h6-14,19H,2-5,20H2,1H3. The summed E-state index contributed by atoms with van der Waals surface area (Å²) in [5.74, 6) is 1.90. The third kappa shape index (κ3) is 3.33. The van der Waals surface area contributed by atoms with Crippen molar-refractivity contribution in [2.45, 2.75) is 43.0 Å². The first kappa shape index (κ1) is 14.7. The summed E-state index contributed by atoms with van der Waals surface area (Å²) in [5, 5.41) is 0. The second kappa shape index (κ2) is 6.67. The maximum absolute atomic E-state index is 6.41. The van der Waals surface area contributed by atoms with Gasteiger partial charge in [0.1, 0.15) is 0 Å². The second-order valence-electron chi connectivity index (χ2n) is 5.77. The van der Waals surface area contributed by atoms with Crippen LogP contribution in [0, 0.1) is 0 Å². The van der Waals surface area contributed by atoms with Crippen LogP contribution in [0.3, 0.4) is 0 Å². The minimum atomic E-state index is -0.0267. The van der Waals surface area contributed by atoms with Gasteiger partial charge in [-0.15, -0.1) is 11.8 Å². The molecule has 1 aliphatic rings. The predicted molar refractivity (Wildman–Crippen MR) is 91.9 cm³/mol. The summed E-state index contributed by atoms with van der Waals surface area (Å²) in [4.78, 5) is 1.31. The second-order valence-corrected chi connectivity index (χ2v) is 7.11. The molecule has 0 heterocycles. The largest absolute Gasteiger partial charge is 0.320 e. The third-order valence-corrected chi connectivity index (χ3v) is 5.32. The average molecular weight is 297 g/mol. The first-order chi connectivity index (χ1) is 10.3. The fraction of sp³-hybridized carbons (Fsp3) is 0.368. The average Bonchev–Trinajstić information content (AvgIpc) is 2.47. The van der Waals surface area contributed by atoms with Crippen molar-refractivity contribution in [3.63, 3.8) is 0 Å². The molecular formula is C19H23NS. The molecule has 0 spiro atoms. The molecule has 21 heavy (non-hydrogen) atoms. The van der Waals surface area contributed by atoms with Gasteiger partial charge in [-0.25, -0.2) is 0 Å². The minimum Gasteiger partial charge on any atom is -0.320 e. The van der Waals surface area contributed by atoms with Crippen molar-refractivity contribution in [3.05, 3.63) is 65.2 Å². The van der Waals surface area contributed by atoms with Crippen LogP contribution in [-0.2, 0) is 0 Å². The topological polar surface area (TPSA) is 26.0 Å². The number of nitrogens with two attached hydrogens (primary N) is 1. The third-order valence-electron chi connectivity index (χ3n) is 4.42. The van der Waals surface area contributed by atoms with Crippen LogP contribution in [0.5, 0.6) is 0 Å². The van der Waals surface area contributed by atoms with E-state index in [9.17, 15) is 0 Å². The Morgan fingerprint density at radius 2 is 1.57 bits per heavy atom. The molecule has 2 aromatic carbocycles. The van der Waals surface area contributed by atoms with Crippen molar-refractivity contribution in [3.8, 4) is 0 Å². The molecule has 3 rings (SSSR count). The Morgan fingerprint density at radius 1 is 1.00 bits per heavy atom. The van der Waals surface area contributed by atoms with Gasteiger partial charge in [0.15, 0.2) is 0 Å². The highest BCUT2D eigenvalue weighted by Crippen LogP contribution is 2.36. The molecule has 0 aromatic heterocycles. The number of hydrogen-bond donors (Lipinski definition) is 1. The number of hydrogen-bond acceptors (Lipinski definition) is 2. The van der Waals surface area contributed by atoms with Crippen LogP contribution < -0.4 is 5.73 Å². The van der Waals surface area contributed by atoms with Gasteiger partial charge in [-0.3, -0.25) is 0 Å². The summed E-state index contributed by atoms with van der Waals surface area (Å²) in [7, 11) is 0. The summed E-state index contributed by atoms with van der Waals surface area (Å²) in [6, 6.07) is 17.6. The summed E-state index contributed by atoms with van der Waals surface area (Å²) in [6.45, 7) is 2.17.